The molecule has 2 rings (SSSR count). The van der Waals surface area contributed by atoms with Crippen molar-refractivity contribution in [2.75, 3.05) is 34.0 Å². The van der Waals surface area contributed by atoms with E-state index in [1.807, 2.05) is 43.9 Å². The topological polar surface area (TPSA) is 57.2 Å². The molecule has 1 unspecified atom stereocenters. The summed E-state index contributed by atoms with van der Waals surface area (Å²) in [6, 6.07) is 5.92. The minimum absolute atomic E-state index is 0.0444. The molecule has 6 heteroatoms. The smallest absolute Gasteiger partial charge is 0.410 e. The quantitative estimate of drug-likeness (QED) is 0.564. The van der Waals surface area contributed by atoms with E-state index in [1.54, 1.807) is 14.2 Å². The van der Waals surface area contributed by atoms with Gasteiger partial charge < -0.3 is 23.8 Å². The molecule has 6 nitrogen and oxygen atoms in total. The van der Waals surface area contributed by atoms with Crippen molar-refractivity contribution in [3.63, 3.8) is 0 Å². The molecule has 0 spiro atoms. The van der Waals surface area contributed by atoms with Crippen LogP contribution in [0.3, 0.4) is 0 Å². The lowest BCUT2D eigenvalue weighted by molar-refractivity contribution is 0.0195. The number of hydrogen-bond donors (Lipinski definition) is 0. The Balaban J connectivity index is 2.31. The van der Waals surface area contributed by atoms with Gasteiger partial charge in [-0.1, -0.05) is 19.9 Å². The summed E-state index contributed by atoms with van der Waals surface area (Å²) < 4.78 is 22.2. The van der Waals surface area contributed by atoms with E-state index in [2.05, 4.69) is 13.8 Å². The molecular weight excluding hydrogens is 370 g/mol. The molecule has 164 valence electrons. The molecule has 1 aliphatic heterocycles. The number of hydrogen-bond acceptors (Lipinski definition) is 5. The number of methoxy groups -OCH3 is 2. The second-order valence-electron chi connectivity index (χ2n) is 8.92. The van der Waals surface area contributed by atoms with Gasteiger partial charge in [-0.15, -0.1) is 0 Å². The number of carbonyl (C=O) groups excluding carboxylic acids is 1. The van der Waals surface area contributed by atoms with Crippen molar-refractivity contribution < 1.29 is 23.7 Å². The molecule has 0 saturated carbocycles. The van der Waals surface area contributed by atoms with Gasteiger partial charge in [0.1, 0.15) is 5.60 Å². The minimum atomic E-state index is -0.521. The zero-order chi connectivity index (χ0) is 21.6. The summed E-state index contributed by atoms with van der Waals surface area (Å²) in [7, 11) is 3.31. The monoisotopic (exact) mass is 407 g/mol. The van der Waals surface area contributed by atoms with Gasteiger partial charge in [0.25, 0.3) is 0 Å². The molecule has 2 atom stereocenters. The van der Waals surface area contributed by atoms with Crippen molar-refractivity contribution in [3.05, 3.63) is 23.8 Å². The Morgan fingerprint density at radius 1 is 1.17 bits per heavy atom. The second kappa shape index (κ2) is 10.2. The molecule has 1 fully saturated rings. The maximum atomic E-state index is 12.9. The van der Waals surface area contributed by atoms with Gasteiger partial charge in [0, 0.05) is 26.7 Å². The number of ether oxygens (including phenoxy) is 4. The van der Waals surface area contributed by atoms with Crippen LogP contribution in [-0.2, 0) is 9.47 Å². The highest BCUT2D eigenvalue weighted by Crippen LogP contribution is 2.44. The Labute approximate surface area is 175 Å². The van der Waals surface area contributed by atoms with E-state index in [1.165, 1.54) is 0 Å². The number of amides is 1. The molecule has 1 aromatic carbocycles. The van der Waals surface area contributed by atoms with Gasteiger partial charge in [-0.2, -0.15) is 0 Å². The van der Waals surface area contributed by atoms with Gasteiger partial charge >= 0.3 is 6.09 Å². The lowest BCUT2D eigenvalue weighted by Crippen LogP contribution is -2.37. The van der Waals surface area contributed by atoms with Crippen LogP contribution < -0.4 is 9.47 Å². The summed E-state index contributed by atoms with van der Waals surface area (Å²) >= 11 is 0. The average Bonchev–Trinajstić information content (AvgIpc) is 3.09. The lowest BCUT2D eigenvalue weighted by atomic mass is 9.85. The predicted octanol–water partition coefficient (Wildman–Crippen LogP) is 5.06. The van der Waals surface area contributed by atoms with Gasteiger partial charge in [0.15, 0.2) is 11.5 Å². The Hall–Kier alpha value is -1.95. The summed E-state index contributed by atoms with van der Waals surface area (Å²) in [6.45, 7) is 12.0. The van der Waals surface area contributed by atoms with Crippen molar-refractivity contribution in [2.45, 2.75) is 59.1 Å². The third-order valence-electron chi connectivity index (χ3n) is 5.21. The SMILES string of the molecule is COCCCOc1cc(C2[C@H](C(C)C)CCN2C(=O)OC(C)(C)C)ccc1OC. The highest BCUT2D eigenvalue weighted by Gasteiger charge is 2.41. The van der Waals surface area contributed by atoms with Gasteiger partial charge in [-0.05, 0) is 56.7 Å². The van der Waals surface area contributed by atoms with Gasteiger partial charge in [-0.3, -0.25) is 0 Å². The van der Waals surface area contributed by atoms with Crippen molar-refractivity contribution in [1.29, 1.82) is 0 Å². The molecule has 1 aliphatic rings. The molecule has 1 saturated heterocycles. The van der Waals surface area contributed by atoms with Crippen LogP contribution in [0, 0.1) is 11.8 Å². The van der Waals surface area contributed by atoms with E-state index in [0.29, 0.717) is 43.1 Å². The maximum absolute atomic E-state index is 12.9. The van der Waals surface area contributed by atoms with Crippen LogP contribution in [0.5, 0.6) is 11.5 Å². The first-order valence-corrected chi connectivity index (χ1v) is 10.5. The Kier molecular flexibility index (Phi) is 8.20. The van der Waals surface area contributed by atoms with Crippen LogP contribution in [-0.4, -0.2) is 50.6 Å². The van der Waals surface area contributed by atoms with Crippen molar-refractivity contribution in [2.24, 2.45) is 11.8 Å². The summed E-state index contributed by atoms with van der Waals surface area (Å²) in [5, 5.41) is 0. The first-order chi connectivity index (χ1) is 13.7. The van der Waals surface area contributed by atoms with Crippen LogP contribution in [0.15, 0.2) is 18.2 Å². The predicted molar refractivity (Wildman–Crippen MR) is 114 cm³/mol. The first kappa shape index (κ1) is 23.3. The third-order valence-corrected chi connectivity index (χ3v) is 5.21. The molecule has 1 heterocycles. The van der Waals surface area contributed by atoms with E-state index < -0.39 is 5.60 Å². The van der Waals surface area contributed by atoms with Crippen molar-refractivity contribution in [3.8, 4) is 11.5 Å². The van der Waals surface area contributed by atoms with Crippen LogP contribution in [0.4, 0.5) is 4.79 Å². The highest BCUT2D eigenvalue weighted by atomic mass is 16.6. The number of carbonyl (C=O) groups is 1. The molecule has 29 heavy (non-hydrogen) atoms. The van der Waals surface area contributed by atoms with Gasteiger partial charge in [-0.25, -0.2) is 4.79 Å². The molecule has 0 radical (unpaired) electrons. The Bertz CT molecular complexity index is 668. The Morgan fingerprint density at radius 3 is 2.48 bits per heavy atom. The molecule has 0 N–H and O–H groups in total. The molecule has 0 aromatic heterocycles. The Morgan fingerprint density at radius 2 is 1.90 bits per heavy atom. The normalized spacial score (nSPS) is 19.5. The third kappa shape index (κ3) is 6.26. The first-order valence-electron chi connectivity index (χ1n) is 10.5. The fraction of sp³-hybridized carbons (Fsp3) is 0.696. The minimum Gasteiger partial charge on any atom is -0.493 e. The average molecular weight is 408 g/mol. The summed E-state index contributed by atoms with van der Waals surface area (Å²) in [6.07, 6.45) is 1.49. The van der Waals surface area contributed by atoms with Crippen LogP contribution >= 0.6 is 0 Å². The van der Waals surface area contributed by atoms with E-state index in [9.17, 15) is 4.79 Å². The summed E-state index contributed by atoms with van der Waals surface area (Å²) in [5.41, 5.74) is 0.530. The largest absolute Gasteiger partial charge is 0.493 e. The number of nitrogens with zero attached hydrogens (tertiary/aromatic N) is 1. The summed E-state index contributed by atoms with van der Waals surface area (Å²) in [5.74, 6) is 2.19. The molecule has 0 bridgehead atoms. The molecular formula is C23H37NO5. The zero-order valence-corrected chi connectivity index (χ0v) is 19.0. The van der Waals surface area contributed by atoms with Crippen LogP contribution in [0.2, 0.25) is 0 Å². The number of rotatable bonds is 8. The van der Waals surface area contributed by atoms with Gasteiger partial charge in [0.05, 0.1) is 19.8 Å². The maximum Gasteiger partial charge on any atom is 0.410 e. The van der Waals surface area contributed by atoms with Crippen molar-refractivity contribution >= 4 is 6.09 Å². The lowest BCUT2D eigenvalue weighted by Gasteiger charge is -2.32. The van der Waals surface area contributed by atoms with Crippen LogP contribution in [0.1, 0.15) is 59.1 Å². The number of benzene rings is 1. The fourth-order valence-electron chi connectivity index (χ4n) is 3.84. The standard InChI is InChI=1S/C23H37NO5/c1-16(2)18-11-12-24(22(25)29-23(3,4)5)21(18)17-9-10-19(27-7)20(15-17)28-14-8-13-26-6/h9-10,15-16,18,21H,8,11-14H2,1-7H3/t18-,21?/m0/s1. The second-order valence-corrected chi connectivity index (χ2v) is 8.92. The molecule has 1 aromatic rings. The number of likely N-dealkylation sites (tertiary alicyclic amines) is 1. The van der Waals surface area contributed by atoms with E-state index in [4.69, 9.17) is 18.9 Å². The zero-order valence-electron chi connectivity index (χ0n) is 19.0. The van der Waals surface area contributed by atoms with Crippen molar-refractivity contribution in [1.82, 2.24) is 4.90 Å². The summed E-state index contributed by atoms with van der Waals surface area (Å²) in [4.78, 5) is 14.8. The molecule has 0 aliphatic carbocycles. The van der Waals surface area contributed by atoms with E-state index >= 15 is 0 Å². The fourth-order valence-corrected chi connectivity index (χ4v) is 3.84. The van der Waals surface area contributed by atoms with E-state index in [0.717, 1.165) is 18.4 Å². The van der Waals surface area contributed by atoms with E-state index in [-0.39, 0.29) is 12.1 Å². The highest BCUT2D eigenvalue weighted by molar-refractivity contribution is 5.69. The van der Waals surface area contributed by atoms with Gasteiger partial charge in [0.2, 0.25) is 0 Å². The molecule has 1 amide bonds. The van der Waals surface area contributed by atoms with Crippen LogP contribution in [0.25, 0.3) is 0 Å².